The van der Waals surface area contributed by atoms with Crippen LogP contribution in [0.15, 0.2) is 4.79 Å². The van der Waals surface area contributed by atoms with Crippen LogP contribution in [-0.2, 0) is 4.74 Å². The topological polar surface area (TPSA) is 58.2 Å². The zero-order valence-corrected chi connectivity index (χ0v) is 14.1. The number of hydrogen-bond donors (Lipinski definition) is 1. The molecule has 6 heteroatoms. The third-order valence-electron chi connectivity index (χ3n) is 3.97. The molecule has 0 aliphatic rings. The van der Waals surface area contributed by atoms with E-state index < -0.39 is 0 Å². The fourth-order valence-corrected chi connectivity index (χ4v) is 3.37. The van der Waals surface area contributed by atoms with Crippen LogP contribution in [0.4, 0.5) is 0 Å². The fraction of sp³-hybridized carbons (Fsp3) is 0.600. The van der Waals surface area contributed by atoms with E-state index in [1.165, 1.54) is 0 Å². The van der Waals surface area contributed by atoms with Crippen molar-refractivity contribution < 1.29 is 4.74 Å². The molecule has 0 bridgehead atoms. The molecule has 1 N–H and O–H groups in total. The van der Waals surface area contributed by atoms with E-state index in [2.05, 4.69) is 21.8 Å². The number of hydrogen-bond acceptors (Lipinski definition) is 5. The Kier molecular flexibility index (Phi) is 5.13. The number of H-pyrrole nitrogens is 1. The van der Waals surface area contributed by atoms with E-state index >= 15 is 0 Å². The first-order chi connectivity index (χ1) is 9.95. The van der Waals surface area contributed by atoms with Crippen molar-refractivity contribution >= 4 is 21.6 Å². The SMILES string of the molecule is COCCCN(C)[C@H](C)c1nc2sc(C)c(C)c2c(=O)[nH]1. The van der Waals surface area contributed by atoms with Crippen molar-refractivity contribution in [1.82, 2.24) is 14.9 Å². The molecule has 2 rings (SSSR count). The van der Waals surface area contributed by atoms with Crippen LogP contribution in [0.5, 0.6) is 0 Å². The summed E-state index contributed by atoms with van der Waals surface area (Å²) in [6, 6.07) is 0.0710. The van der Waals surface area contributed by atoms with E-state index in [0.29, 0.717) is 0 Å². The summed E-state index contributed by atoms with van der Waals surface area (Å²) in [6.07, 6.45) is 0.959. The number of rotatable bonds is 6. The molecule has 0 aliphatic carbocycles. The average molecular weight is 309 g/mol. The second kappa shape index (κ2) is 6.68. The molecule has 0 saturated heterocycles. The minimum atomic E-state index is -0.0333. The molecule has 0 aromatic carbocycles. The molecule has 0 spiro atoms. The lowest BCUT2D eigenvalue weighted by Gasteiger charge is -2.23. The highest BCUT2D eigenvalue weighted by atomic mass is 32.1. The van der Waals surface area contributed by atoms with Crippen molar-refractivity contribution in [2.75, 3.05) is 27.3 Å². The Balaban J connectivity index is 2.28. The summed E-state index contributed by atoms with van der Waals surface area (Å²) in [6.45, 7) is 7.71. The molecule has 0 amide bonds. The van der Waals surface area contributed by atoms with Crippen molar-refractivity contribution in [2.24, 2.45) is 0 Å². The number of aromatic amines is 1. The number of fused-ring (bicyclic) bond motifs is 1. The molecule has 0 aliphatic heterocycles. The van der Waals surface area contributed by atoms with E-state index in [1.54, 1.807) is 18.4 Å². The third kappa shape index (κ3) is 3.33. The van der Waals surface area contributed by atoms with Gasteiger partial charge in [-0.2, -0.15) is 0 Å². The maximum Gasteiger partial charge on any atom is 0.259 e. The summed E-state index contributed by atoms with van der Waals surface area (Å²) in [7, 11) is 3.74. The van der Waals surface area contributed by atoms with Gasteiger partial charge in [0.05, 0.1) is 11.4 Å². The predicted molar refractivity (Wildman–Crippen MR) is 87.3 cm³/mol. The van der Waals surface area contributed by atoms with E-state index in [4.69, 9.17) is 4.74 Å². The number of thiophene rings is 1. The molecule has 5 nitrogen and oxygen atoms in total. The summed E-state index contributed by atoms with van der Waals surface area (Å²) in [5.41, 5.74) is 1.00. The molecule has 21 heavy (non-hydrogen) atoms. The van der Waals surface area contributed by atoms with Gasteiger partial charge in [-0.3, -0.25) is 9.69 Å². The van der Waals surface area contributed by atoms with Crippen LogP contribution in [0.2, 0.25) is 0 Å². The van der Waals surface area contributed by atoms with Crippen LogP contribution < -0.4 is 5.56 Å². The standard InChI is InChI=1S/C15H23N3O2S/c1-9-11(3)21-15-12(9)14(19)16-13(17-15)10(2)18(4)7-6-8-20-5/h10H,6-8H2,1-5H3,(H,16,17,19)/t10-/m1/s1. The maximum absolute atomic E-state index is 12.3. The quantitative estimate of drug-likeness (QED) is 0.833. The zero-order chi connectivity index (χ0) is 15.6. The van der Waals surface area contributed by atoms with Gasteiger partial charge in [-0.25, -0.2) is 4.98 Å². The number of methoxy groups -OCH3 is 1. The fourth-order valence-electron chi connectivity index (χ4n) is 2.33. The van der Waals surface area contributed by atoms with Gasteiger partial charge in [0.1, 0.15) is 10.7 Å². The summed E-state index contributed by atoms with van der Waals surface area (Å²) in [4.78, 5) is 24.1. The van der Waals surface area contributed by atoms with Crippen LogP contribution in [0, 0.1) is 13.8 Å². The van der Waals surface area contributed by atoms with Gasteiger partial charge < -0.3 is 9.72 Å². The summed E-state index contributed by atoms with van der Waals surface area (Å²) >= 11 is 1.59. The number of aromatic nitrogens is 2. The van der Waals surface area contributed by atoms with Gasteiger partial charge in [-0.05, 0) is 39.8 Å². The van der Waals surface area contributed by atoms with Gasteiger partial charge in [0.2, 0.25) is 0 Å². The first kappa shape index (κ1) is 16.1. The van der Waals surface area contributed by atoms with Crippen molar-refractivity contribution in [2.45, 2.75) is 33.2 Å². The monoisotopic (exact) mass is 309 g/mol. The number of nitrogens with one attached hydrogen (secondary N) is 1. The van der Waals surface area contributed by atoms with Gasteiger partial charge in [-0.15, -0.1) is 11.3 Å². The first-order valence-corrected chi connectivity index (χ1v) is 7.96. The van der Waals surface area contributed by atoms with Crippen molar-refractivity contribution in [1.29, 1.82) is 0 Å². The second-order valence-corrected chi connectivity index (χ2v) is 6.62. The Labute approximate surface area is 129 Å². The van der Waals surface area contributed by atoms with Crippen LogP contribution in [-0.4, -0.2) is 42.2 Å². The van der Waals surface area contributed by atoms with Crippen LogP contribution in [0.3, 0.4) is 0 Å². The van der Waals surface area contributed by atoms with Crippen LogP contribution >= 0.6 is 11.3 Å². The maximum atomic E-state index is 12.3. The highest BCUT2D eigenvalue weighted by Crippen LogP contribution is 2.27. The van der Waals surface area contributed by atoms with Crippen molar-refractivity contribution in [3.05, 3.63) is 26.6 Å². The van der Waals surface area contributed by atoms with E-state index in [9.17, 15) is 4.79 Å². The van der Waals surface area contributed by atoms with E-state index in [-0.39, 0.29) is 11.6 Å². The van der Waals surface area contributed by atoms with Gasteiger partial charge in [0.25, 0.3) is 5.56 Å². The Morgan fingerprint density at radius 3 is 2.81 bits per heavy atom. The lowest BCUT2D eigenvalue weighted by atomic mass is 10.2. The lowest BCUT2D eigenvalue weighted by Crippen LogP contribution is -2.27. The molecule has 2 heterocycles. The molecule has 116 valence electrons. The second-order valence-electron chi connectivity index (χ2n) is 5.42. The van der Waals surface area contributed by atoms with Crippen molar-refractivity contribution in [3.63, 3.8) is 0 Å². The minimum absolute atomic E-state index is 0.0333. The van der Waals surface area contributed by atoms with Crippen LogP contribution in [0.25, 0.3) is 10.2 Å². The number of nitrogens with zero attached hydrogens (tertiary/aromatic N) is 2. The highest BCUT2D eigenvalue weighted by Gasteiger charge is 2.17. The van der Waals surface area contributed by atoms with Gasteiger partial charge in [0.15, 0.2) is 0 Å². The Morgan fingerprint density at radius 2 is 2.14 bits per heavy atom. The largest absolute Gasteiger partial charge is 0.385 e. The zero-order valence-electron chi connectivity index (χ0n) is 13.3. The van der Waals surface area contributed by atoms with Gasteiger partial charge in [0, 0.05) is 25.1 Å². The summed E-state index contributed by atoms with van der Waals surface area (Å²) in [5.74, 6) is 0.730. The molecule has 2 aromatic heterocycles. The van der Waals surface area contributed by atoms with Gasteiger partial charge >= 0.3 is 0 Å². The molecule has 0 unspecified atom stereocenters. The highest BCUT2D eigenvalue weighted by molar-refractivity contribution is 7.18. The predicted octanol–water partition coefficient (Wildman–Crippen LogP) is 2.63. The van der Waals surface area contributed by atoms with E-state index in [1.807, 2.05) is 20.9 Å². The number of ether oxygens (including phenoxy) is 1. The smallest absolute Gasteiger partial charge is 0.259 e. The lowest BCUT2D eigenvalue weighted by molar-refractivity contribution is 0.167. The van der Waals surface area contributed by atoms with E-state index in [0.717, 1.165) is 46.1 Å². The molecule has 0 radical (unpaired) electrons. The molecular formula is C15H23N3O2S. The Bertz CT molecular complexity index is 677. The van der Waals surface area contributed by atoms with Gasteiger partial charge in [-0.1, -0.05) is 0 Å². The average Bonchev–Trinajstić information content (AvgIpc) is 2.73. The first-order valence-electron chi connectivity index (χ1n) is 7.14. The minimum Gasteiger partial charge on any atom is -0.385 e. The number of aryl methyl sites for hydroxylation is 2. The Hall–Kier alpha value is -1.24. The molecule has 2 aromatic rings. The molecule has 0 fully saturated rings. The molecular weight excluding hydrogens is 286 g/mol. The summed E-state index contributed by atoms with van der Waals surface area (Å²) in [5, 5.41) is 0.732. The normalized spacial score (nSPS) is 13.2. The molecule has 1 atom stereocenters. The Morgan fingerprint density at radius 1 is 1.43 bits per heavy atom. The summed E-state index contributed by atoms with van der Waals surface area (Å²) < 4.78 is 5.07. The molecule has 0 saturated carbocycles. The van der Waals surface area contributed by atoms with Crippen LogP contribution in [0.1, 0.15) is 35.7 Å². The third-order valence-corrected chi connectivity index (χ3v) is 5.07. The van der Waals surface area contributed by atoms with Crippen molar-refractivity contribution in [3.8, 4) is 0 Å².